The predicted molar refractivity (Wildman–Crippen MR) is 160 cm³/mol. The first-order valence-corrected chi connectivity index (χ1v) is 12.9. The number of hydrogen-bond donors (Lipinski definition) is 3. The third-order valence-electron chi connectivity index (χ3n) is 6.74. The molecule has 214 valence electrons. The fraction of sp³-hybridized carbons (Fsp3) is 0.188. The fourth-order valence-electron chi connectivity index (χ4n) is 4.71. The van der Waals surface area contributed by atoms with Gasteiger partial charge < -0.3 is 34.0 Å². The first-order valence-electron chi connectivity index (χ1n) is 12.9. The van der Waals surface area contributed by atoms with Gasteiger partial charge in [0.1, 0.15) is 0 Å². The number of hydrogen-bond acceptors (Lipinski definition) is 7. The topological polar surface area (TPSA) is 115 Å². The molecule has 2 aliphatic rings. The van der Waals surface area contributed by atoms with Gasteiger partial charge in [-0.3, -0.25) is 0 Å². The largest absolute Gasteiger partial charge is 0.355 e. The summed E-state index contributed by atoms with van der Waals surface area (Å²) in [5, 5.41) is 10.3. The number of aliphatic hydroxyl groups is 1. The van der Waals surface area contributed by atoms with Crippen LogP contribution in [0.1, 0.15) is 28.3 Å². The van der Waals surface area contributed by atoms with Crippen molar-refractivity contribution in [1.82, 2.24) is 19.9 Å². The molecule has 42 heavy (non-hydrogen) atoms. The van der Waals surface area contributed by atoms with E-state index in [4.69, 9.17) is 18.9 Å². The van der Waals surface area contributed by atoms with Crippen molar-refractivity contribution < 1.29 is 50.3 Å². The van der Waals surface area contributed by atoms with Gasteiger partial charge in [0.15, 0.2) is 0 Å². The summed E-state index contributed by atoms with van der Waals surface area (Å²) in [6, 6.07) is 25.3. The van der Waals surface area contributed by atoms with E-state index in [1.807, 2.05) is 54.6 Å². The van der Waals surface area contributed by atoms with E-state index < -0.39 is 11.8 Å². The Kier molecular flexibility index (Phi) is 10.2. The van der Waals surface area contributed by atoms with Crippen LogP contribution in [0.15, 0.2) is 78.9 Å². The second-order valence-corrected chi connectivity index (χ2v) is 9.29. The number of rotatable bonds is 6. The molecule has 0 fully saturated rings. The second-order valence-electron chi connectivity index (χ2n) is 9.29. The maximum absolute atomic E-state index is 10.3. The molecule has 0 atom stereocenters. The molecule has 9 nitrogen and oxygen atoms in total. The minimum atomic E-state index is -2.04. The molecule has 1 aromatic carbocycles. The Morgan fingerprint density at radius 3 is 1.21 bits per heavy atom. The van der Waals surface area contributed by atoms with Gasteiger partial charge in [0.25, 0.3) is 5.79 Å². The molecule has 0 radical (unpaired) electrons. The van der Waals surface area contributed by atoms with Crippen molar-refractivity contribution in [2.75, 3.05) is 28.4 Å². The van der Waals surface area contributed by atoms with Gasteiger partial charge in [0.2, 0.25) is 0 Å². The number of H-pyrrole nitrogens is 2. The molecule has 3 aromatic heterocycles. The van der Waals surface area contributed by atoms with Crippen LogP contribution in [-0.4, -0.2) is 59.5 Å². The molecule has 0 unspecified atom stereocenters. The van der Waals surface area contributed by atoms with Crippen LogP contribution in [0, 0.1) is 0 Å². The van der Waals surface area contributed by atoms with Gasteiger partial charge in [-0.05, 0) is 72.8 Å². The number of nitrogens with zero attached hydrogens (tertiary/aromatic N) is 2. The van der Waals surface area contributed by atoms with Gasteiger partial charge in [-0.15, -0.1) is 0 Å². The van der Waals surface area contributed by atoms with Gasteiger partial charge in [0, 0.05) is 82.3 Å². The summed E-state index contributed by atoms with van der Waals surface area (Å²) in [5.74, 6) is -3.60. The number of fused-ring (bicyclic) bond motifs is 8. The van der Waals surface area contributed by atoms with Crippen molar-refractivity contribution in [3.05, 3.63) is 107 Å². The number of aromatic nitrogens is 4. The van der Waals surface area contributed by atoms with Gasteiger partial charge in [0.05, 0.1) is 22.8 Å². The van der Waals surface area contributed by atoms with E-state index in [1.54, 1.807) is 24.3 Å². The summed E-state index contributed by atoms with van der Waals surface area (Å²) < 4.78 is 20.5. The van der Waals surface area contributed by atoms with E-state index in [2.05, 4.69) is 44.2 Å². The Morgan fingerprint density at radius 2 is 0.905 bits per heavy atom. The second kappa shape index (κ2) is 13.7. The molecule has 8 bridgehead atoms. The van der Waals surface area contributed by atoms with Gasteiger partial charge in [-0.25, -0.2) is 9.97 Å². The standard InChI is InChI=1S/C20H14N4.C12H18O5.Zr/c1-2-14-10-16-5-6-18(23-16)12-20-8-7-19(24-20)11-17-4-3-15(22-17)9-13(1)21-14;1-14-11(15-2,12(13,16-3)17-4)10-8-6-5-7-9-10;/h1-12,21,24H;5-9,13H,1-4H3;. The zero-order chi connectivity index (χ0) is 28.9. The third kappa shape index (κ3) is 6.60. The predicted octanol–water partition coefficient (Wildman–Crippen LogP) is 5.72. The van der Waals surface area contributed by atoms with Crippen molar-refractivity contribution in [1.29, 1.82) is 0 Å². The molecular formula is C32H32N4O5Zr. The Bertz CT molecular complexity index is 1550. The van der Waals surface area contributed by atoms with Crippen molar-refractivity contribution in [2.45, 2.75) is 11.8 Å². The maximum Gasteiger partial charge on any atom is 0.342 e. The molecule has 0 saturated heterocycles. The molecule has 0 spiro atoms. The molecule has 6 rings (SSSR count). The van der Waals surface area contributed by atoms with Crippen LogP contribution in [0.3, 0.4) is 0 Å². The van der Waals surface area contributed by atoms with E-state index in [-0.39, 0.29) is 26.2 Å². The Morgan fingerprint density at radius 1 is 0.548 bits per heavy atom. The Hall–Kier alpha value is -3.50. The normalized spacial score (nSPS) is 12.4. The van der Waals surface area contributed by atoms with Crippen LogP contribution in [0.5, 0.6) is 0 Å². The van der Waals surface area contributed by atoms with Gasteiger partial charge >= 0.3 is 5.97 Å². The van der Waals surface area contributed by atoms with Crippen LogP contribution in [0.2, 0.25) is 0 Å². The van der Waals surface area contributed by atoms with E-state index in [0.29, 0.717) is 5.56 Å². The summed E-state index contributed by atoms with van der Waals surface area (Å²) in [6.07, 6.45) is 8.09. The van der Waals surface area contributed by atoms with Gasteiger partial charge in [-0.1, -0.05) is 30.3 Å². The minimum absolute atomic E-state index is 0. The molecule has 3 N–H and O–H groups in total. The molecule has 4 aromatic rings. The quantitative estimate of drug-likeness (QED) is 0.199. The van der Waals surface area contributed by atoms with E-state index in [1.165, 1.54) is 28.4 Å². The number of benzene rings is 1. The fourth-order valence-corrected chi connectivity index (χ4v) is 4.71. The van der Waals surface area contributed by atoms with Crippen LogP contribution in [-0.2, 0) is 50.9 Å². The minimum Gasteiger partial charge on any atom is -0.355 e. The molecule has 5 heterocycles. The van der Waals surface area contributed by atoms with Crippen molar-refractivity contribution in [3.63, 3.8) is 0 Å². The van der Waals surface area contributed by atoms with Crippen molar-refractivity contribution in [2.24, 2.45) is 0 Å². The smallest absolute Gasteiger partial charge is 0.342 e. The number of aromatic amines is 2. The summed E-state index contributed by atoms with van der Waals surface area (Å²) in [7, 11) is 5.41. The molecule has 0 aliphatic carbocycles. The summed E-state index contributed by atoms with van der Waals surface area (Å²) in [4.78, 5) is 16.0. The Balaban J connectivity index is 0.000000201. The Labute approximate surface area is 263 Å². The third-order valence-corrected chi connectivity index (χ3v) is 6.74. The first kappa shape index (κ1) is 31.4. The number of ether oxygens (including phenoxy) is 4. The molecule has 0 amide bonds. The van der Waals surface area contributed by atoms with E-state index in [9.17, 15) is 5.11 Å². The van der Waals surface area contributed by atoms with E-state index >= 15 is 0 Å². The zero-order valence-electron chi connectivity index (χ0n) is 23.8. The van der Waals surface area contributed by atoms with E-state index in [0.717, 1.165) is 44.8 Å². The van der Waals surface area contributed by atoms with Crippen LogP contribution in [0.25, 0.3) is 46.4 Å². The number of nitrogens with one attached hydrogen (secondary N) is 2. The first-order chi connectivity index (χ1) is 19.9. The SMILES string of the molecule is C1=Cc2cc3ccc(cc4nc(cc5ccc(cc1n2)[nH]5)C=C4)[nH]3.COC(O)(OC)C(OC)(OC)c1ccccc1.[Zr]. The summed E-state index contributed by atoms with van der Waals surface area (Å²) in [6.45, 7) is 0. The monoisotopic (exact) mass is 642 g/mol. The average Bonchev–Trinajstić information content (AvgIpc) is 3.81. The molecule has 2 aliphatic heterocycles. The van der Waals surface area contributed by atoms with Gasteiger partial charge in [-0.2, -0.15) is 0 Å². The van der Waals surface area contributed by atoms with Crippen molar-refractivity contribution >= 4 is 46.4 Å². The molecular weight excluding hydrogens is 612 g/mol. The number of methoxy groups -OCH3 is 4. The zero-order valence-corrected chi connectivity index (χ0v) is 26.2. The average molecular weight is 644 g/mol. The van der Waals surface area contributed by atoms with Crippen LogP contribution >= 0.6 is 0 Å². The molecule has 0 saturated carbocycles. The summed E-state index contributed by atoms with van der Waals surface area (Å²) >= 11 is 0. The van der Waals surface area contributed by atoms with Crippen LogP contribution < -0.4 is 0 Å². The summed E-state index contributed by atoms with van der Waals surface area (Å²) in [5.41, 5.74) is 8.44. The van der Waals surface area contributed by atoms with Crippen molar-refractivity contribution in [3.8, 4) is 0 Å². The van der Waals surface area contributed by atoms with Crippen LogP contribution in [0.4, 0.5) is 0 Å². The molecule has 10 heteroatoms. The maximum atomic E-state index is 10.3.